The summed E-state index contributed by atoms with van der Waals surface area (Å²) in [6, 6.07) is 9.44. The first-order chi connectivity index (χ1) is 8.79. The molecule has 0 fully saturated rings. The maximum absolute atomic E-state index is 11.8. The van der Waals surface area contributed by atoms with Gasteiger partial charge in [0, 0.05) is 7.05 Å². The van der Waals surface area contributed by atoms with Crippen molar-refractivity contribution in [3.63, 3.8) is 0 Å². The average Bonchev–Trinajstić information content (AvgIpc) is 2.43. The van der Waals surface area contributed by atoms with Crippen molar-refractivity contribution in [1.82, 2.24) is 10.6 Å². The Bertz CT molecular complexity index is 408. The molecule has 1 amide bonds. The minimum atomic E-state index is -0.288. The van der Waals surface area contributed by atoms with Crippen LogP contribution in [0.5, 0.6) is 0 Å². The first-order valence-corrected chi connectivity index (χ1v) is 6.13. The second kappa shape index (κ2) is 8.29. The molecule has 0 aliphatic rings. The van der Waals surface area contributed by atoms with Gasteiger partial charge in [-0.05, 0) is 31.0 Å². The summed E-state index contributed by atoms with van der Waals surface area (Å²) >= 11 is 0. The van der Waals surface area contributed by atoms with Gasteiger partial charge in [0.1, 0.15) is 6.04 Å². The molecule has 0 unspecified atom stereocenters. The summed E-state index contributed by atoms with van der Waals surface area (Å²) in [5.41, 5.74) is 3.72. The number of allylic oxidation sites excluding steroid dienone is 1. The first-order valence-electron chi connectivity index (χ1n) is 6.13. The smallest absolute Gasteiger partial charge is 0.241 e. The Morgan fingerprint density at radius 1 is 1.44 bits per heavy atom. The monoisotopic (exact) mass is 244 g/mol. The standard InChI is InChI=1S/C15H20N2O/c1-3-4-5-9-12-17-14(15(18)16-2)13-10-7-6-8-11-13/h4,6-8,10-11,14,17H,1,5,9,12H2,2H3,(H,16,18)/t14-/m1/s1. The zero-order chi connectivity index (χ0) is 13.2. The van der Waals surface area contributed by atoms with Crippen molar-refractivity contribution in [3.8, 4) is 0 Å². The van der Waals surface area contributed by atoms with Crippen LogP contribution in [0.15, 0.2) is 48.7 Å². The lowest BCUT2D eigenvalue weighted by Crippen LogP contribution is -2.36. The summed E-state index contributed by atoms with van der Waals surface area (Å²) in [5, 5.41) is 5.95. The molecule has 0 saturated carbocycles. The zero-order valence-electron chi connectivity index (χ0n) is 10.8. The van der Waals surface area contributed by atoms with E-state index in [2.05, 4.69) is 22.9 Å². The van der Waals surface area contributed by atoms with Crippen LogP contribution in [0.4, 0.5) is 0 Å². The van der Waals surface area contributed by atoms with Gasteiger partial charge in [-0.25, -0.2) is 0 Å². The van der Waals surface area contributed by atoms with E-state index in [0.717, 1.165) is 24.9 Å². The largest absolute Gasteiger partial charge is 0.358 e. The molecule has 0 saturated heterocycles. The Labute approximate surface area is 109 Å². The second-order valence-electron chi connectivity index (χ2n) is 3.96. The molecule has 0 aliphatic carbocycles. The number of amides is 1. The average molecular weight is 244 g/mol. The van der Waals surface area contributed by atoms with E-state index in [4.69, 9.17) is 0 Å². The lowest BCUT2D eigenvalue weighted by molar-refractivity contribution is -0.122. The van der Waals surface area contributed by atoms with Crippen LogP contribution >= 0.6 is 0 Å². The highest BCUT2D eigenvalue weighted by Crippen LogP contribution is 2.12. The van der Waals surface area contributed by atoms with Gasteiger partial charge < -0.3 is 10.6 Å². The van der Waals surface area contributed by atoms with Crippen LogP contribution in [0.25, 0.3) is 0 Å². The van der Waals surface area contributed by atoms with Crippen LogP contribution in [0.3, 0.4) is 0 Å². The van der Waals surface area contributed by atoms with Crippen molar-refractivity contribution < 1.29 is 4.79 Å². The number of rotatable bonds is 7. The maximum atomic E-state index is 11.8. The summed E-state index contributed by atoms with van der Waals surface area (Å²) in [5.74, 6) is -0.0135. The molecular weight excluding hydrogens is 224 g/mol. The van der Waals surface area contributed by atoms with Crippen LogP contribution in [0.1, 0.15) is 24.4 Å². The fraction of sp³-hybridized carbons (Fsp3) is 0.333. The third kappa shape index (κ3) is 4.58. The minimum absolute atomic E-state index is 0.0135. The Morgan fingerprint density at radius 2 is 2.17 bits per heavy atom. The van der Waals surface area contributed by atoms with Crippen LogP contribution < -0.4 is 10.6 Å². The van der Waals surface area contributed by atoms with Crippen molar-refractivity contribution in [2.24, 2.45) is 0 Å². The van der Waals surface area contributed by atoms with E-state index in [-0.39, 0.29) is 11.9 Å². The van der Waals surface area contributed by atoms with Gasteiger partial charge >= 0.3 is 0 Å². The van der Waals surface area contributed by atoms with E-state index < -0.39 is 0 Å². The third-order valence-corrected chi connectivity index (χ3v) is 2.66. The summed E-state index contributed by atoms with van der Waals surface area (Å²) in [6.45, 7) is 4.30. The van der Waals surface area contributed by atoms with Gasteiger partial charge in [-0.3, -0.25) is 4.79 Å². The van der Waals surface area contributed by atoms with Gasteiger partial charge in [-0.1, -0.05) is 36.9 Å². The lowest BCUT2D eigenvalue weighted by Gasteiger charge is -2.17. The fourth-order valence-electron chi connectivity index (χ4n) is 1.70. The highest BCUT2D eigenvalue weighted by atomic mass is 16.2. The summed E-state index contributed by atoms with van der Waals surface area (Å²) in [4.78, 5) is 11.8. The van der Waals surface area contributed by atoms with E-state index in [1.54, 1.807) is 7.05 Å². The molecule has 1 atom stereocenters. The molecule has 1 rings (SSSR count). The van der Waals surface area contributed by atoms with Gasteiger partial charge in [0.05, 0.1) is 0 Å². The molecule has 0 spiro atoms. The normalized spacial score (nSPS) is 11.4. The molecular formula is C15H20N2O. The predicted molar refractivity (Wildman–Crippen MR) is 74.2 cm³/mol. The van der Waals surface area contributed by atoms with Crippen LogP contribution in [-0.2, 0) is 4.79 Å². The summed E-state index contributed by atoms with van der Waals surface area (Å²) in [7, 11) is 1.65. The number of unbranched alkanes of at least 4 members (excludes halogenated alkanes) is 1. The fourth-order valence-corrected chi connectivity index (χ4v) is 1.70. The molecule has 1 aromatic carbocycles. The summed E-state index contributed by atoms with van der Waals surface area (Å²) < 4.78 is 0. The zero-order valence-corrected chi connectivity index (χ0v) is 10.8. The number of likely N-dealkylation sites (N-methyl/N-ethyl adjacent to an activating group) is 1. The quantitative estimate of drug-likeness (QED) is 0.570. The van der Waals surface area contributed by atoms with E-state index in [1.807, 2.05) is 36.4 Å². The third-order valence-electron chi connectivity index (χ3n) is 2.66. The Hall–Kier alpha value is -1.83. The van der Waals surface area contributed by atoms with Crippen molar-refractivity contribution in [2.75, 3.05) is 13.6 Å². The highest BCUT2D eigenvalue weighted by Gasteiger charge is 2.17. The highest BCUT2D eigenvalue weighted by molar-refractivity contribution is 5.82. The first kappa shape index (κ1) is 14.2. The van der Waals surface area contributed by atoms with Gasteiger partial charge in [0.2, 0.25) is 5.91 Å². The Balaban J connectivity index is 2.57. The van der Waals surface area contributed by atoms with Crippen LogP contribution in [0, 0.1) is 0 Å². The second-order valence-corrected chi connectivity index (χ2v) is 3.96. The van der Waals surface area contributed by atoms with E-state index in [0.29, 0.717) is 0 Å². The van der Waals surface area contributed by atoms with Crippen LogP contribution in [0.2, 0.25) is 0 Å². The Morgan fingerprint density at radius 3 is 2.78 bits per heavy atom. The molecule has 18 heavy (non-hydrogen) atoms. The molecule has 0 aromatic heterocycles. The number of hydrogen-bond acceptors (Lipinski definition) is 2. The van der Waals surface area contributed by atoms with Gasteiger partial charge in [0.15, 0.2) is 0 Å². The van der Waals surface area contributed by atoms with Crippen molar-refractivity contribution in [3.05, 3.63) is 54.3 Å². The number of carbonyl (C=O) groups is 1. The summed E-state index contributed by atoms with van der Waals surface area (Å²) in [6.07, 6.45) is 3.79. The molecule has 3 heteroatoms. The molecule has 0 aliphatic heterocycles. The molecule has 96 valence electrons. The molecule has 0 heterocycles. The van der Waals surface area contributed by atoms with Crippen molar-refractivity contribution >= 4 is 5.91 Å². The predicted octanol–water partition coefficient (Wildman–Crippen LogP) is 2.18. The van der Waals surface area contributed by atoms with Crippen molar-refractivity contribution in [1.29, 1.82) is 0 Å². The lowest BCUT2D eigenvalue weighted by atomic mass is 10.1. The Kier molecular flexibility index (Phi) is 6.55. The topological polar surface area (TPSA) is 41.1 Å². The van der Waals surface area contributed by atoms with Crippen molar-refractivity contribution in [2.45, 2.75) is 18.9 Å². The maximum Gasteiger partial charge on any atom is 0.241 e. The molecule has 1 aromatic rings. The van der Waals surface area contributed by atoms with E-state index >= 15 is 0 Å². The van der Waals surface area contributed by atoms with Crippen LogP contribution in [-0.4, -0.2) is 19.5 Å². The molecule has 0 bridgehead atoms. The van der Waals surface area contributed by atoms with E-state index in [1.165, 1.54) is 0 Å². The SMILES string of the molecule is C=C=CCCCN[C@@H](C(=O)NC)c1ccccc1. The van der Waals surface area contributed by atoms with Gasteiger partial charge in [0.25, 0.3) is 0 Å². The van der Waals surface area contributed by atoms with Gasteiger partial charge in [-0.15, -0.1) is 5.73 Å². The molecule has 2 N–H and O–H groups in total. The number of hydrogen-bond donors (Lipinski definition) is 2. The number of benzene rings is 1. The van der Waals surface area contributed by atoms with Gasteiger partial charge in [-0.2, -0.15) is 0 Å². The molecule has 0 radical (unpaired) electrons. The molecule has 3 nitrogen and oxygen atoms in total. The minimum Gasteiger partial charge on any atom is -0.358 e. The number of nitrogens with one attached hydrogen (secondary N) is 2. The number of carbonyl (C=O) groups excluding carboxylic acids is 1. The van der Waals surface area contributed by atoms with E-state index in [9.17, 15) is 4.79 Å².